The van der Waals surface area contributed by atoms with Gasteiger partial charge in [-0.25, -0.2) is 4.39 Å². The van der Waals surface area contributed by atoms with Crippen LogP contribution in [0.4, 0.5) is 4.39 Å². The highest BCUT2D eigenvalue weighted by Gasteiger charge is 2.34. The van der Waals surface area contributed by atoms with E-state index in [-0.39, 0.29) is 12.2 Å². The first kappa shape index (κ1) is 12.9. The third-order valence-electron chi connectivity index (χ3n) is 3.57. The zero-order valence-corrected chi connectivity index (χ0v) is 9.80. The van der Waals surface area contributed by atoms with E-state index >= 15 is 0 Å². The molecule has 0 atom stereocenters. The Bertz CT molecular complexity index is 167. The average Bonchev–Trinajstić information content (AvgIpc) is 2.29. The number of hydrogen-bond acceptors (Lipinski definition) is 2. The van der Waals surface area contributed by atoms with Crippen LogP contribution in [0.1, 0.15) is 45.4 Å². The SMILES string of the molecule is CCCC1CCC(CN)(OCCF)CC1. The van der Waals surface area contributed by atoms with Gasteiger partial charge in [-0.3, -0.25) is 0 Å². The van der Waals surface area contributed by atoms with Crippen molar-refractivity contribution in [3.63, 3.8) is 0 Å². The van der Waals surface area contributed by atoms with E-state index in [0.717, 1.165) is 18.8 Å². The van der Waals surface area contributed by atoms with Crippen molar-refractivity contribution in [3.05, 3.63) is 0 Å². The van der Waals surface area contributed by atoms with E-state index in [9.17, 15) is 4.39 Å². The summed E-state index contributed by atoms with van der Waals surface area (Å²) in [7, 11) is 0. The largest absolute Gasteiger partial charge is 0.371 e. The van der Waals surface area contributed by atoms with Gasteiger partial charge in [0, 0.05) is 6.54 Å². The first-order valence-corrected chi connectivity index (χ1v) is 6.16. The van der Waals surface area contributed by atoms with Gasteiger partial charge in [-0.15, -0.1) is 0 Å². The smallest absolute Gasteiger partial charge is 0.113 e. The van der Waals surface area contributed by atoms with Gasteiger partial charge in [-0.2, -0.15) is 0 Å². The number of nitrogens with two attached hydrogens (primary N) is 1. The third kappa shape index (κ3) is 3.72. The van der Waals surface area contributed by atoms with Crippen molar-refractivity contribution in [2.24, 2.45) is 11.7 Å². The molecule has 0 spiro atoms. The molecule has 1 rings (SSSR count). The molecule has 0 aliphatic heterocycles. The fourth-order valence-corrected chi connectivity index (χ4v) is 2.56. The third-order valence-corrected chi connectivity index (χ3v) is 3.57. The molecule has 1 saturated carbocycles. The van der Waals surface area contributed by atoms with Gasteiger partial charge in [-0.1, -0.05) is 19.8 Å². The van der Waals surface area contributed by atoms with E-state index in [2.05, 4.69) is 6.92 Å². The van der Waals surface area contributed by atoms with Gasteiger partial charge in [0.15, 0.2) is 0 Å². The van der Waals surface area contributed by atoms with Gasteiger partial charge in [0.1, 0.15) is 6.67 Å². The Kier molecular flexibility index (Phi) is 5.54. The molecule has 1 aliphatic rings. The summed E-state index contributed by atoms with van der Waals surface area (Å²) in [5.74, 6) is 0.837. The zero-order chi connectivity index (χ0) is 11.1. The summed E-state index contributed by atoms with van der Waals surface area (Å²) in [4.78, 5) is 0. The second-order valence-electron chi connectivity index (χ2n) is 4.66. The summed E-state index contributed by atoms with van der Waals surface area (Å²) >= 11 is 0. The minimum Gasteiger partial charge on any atom is -0.371 e. The van der Waals surface area contributed by atoms with E-state index in [4.69, 9.17) is 10.5 Å². The van der Waals surface area contributed by atoms with Gasteiger partial charge in [0.05, 0.1) is 12.2 Å². The van der Waals surface area contributed by atoms with E-state index in [0.29, 0.717) is 6.54 Å². The molecule has 1 fully saturated rings. The highest BCUT2D eigenvalue weighted by Crippen LogP contribution is 2.36. The first-order valence-electron chi connectivity index (χ1n) is 6.16. The maximum Gasteiger partial charge on any atom is 0.113 e. The number of hydrogen-bond donors (Lipinski definition) is 1. The summed E-state index contributed by atoms with van der Waals surface area (Å²) in [5.41, 5.74) is 5.54. The Morgan fingerprint density at radius 2 is 2.07 bits per heavy atom. The minimum atomic E-state index is -0.403. The lowest BCUT2D eigenvalue weighted by Crippen LogP contribution is -2.44. The fourth-order valence-electron chi connectivity index (χ4n) is 2.56. The van der Waals surface area contributed by atoms with E-state index in [1.165, 1.54) is 25.7 Å². The molecule has 1 aliphatic carbocycles. The first-order chi connectivity index (χ1) is 7.26. The van der Waals surface area contributed by atoms with Gasteiger partial charge in [0.2, 0.25) is 0 Å². The molecule has 2 nitrogen and oxygen atoms in total. The van der Waals surface area contributed by atoms with Crippen molar-refractivity contribution in [2.75, 3.05) is 19.8 Å². The van der Waals surface area contributed by atoms with Gasteiger partial charge in [-0.05, 0) is 31.6 Å². The molecule has 0 bridgehead atoms. The molecule has 0 heterocycles. The predicted molar refractivity (Wildman–Crippen MR) is 60.6 cm³/mol. The van der Waals surface area contributed by atoms with Gasteiger partial charge < -0.3 is 10.5 Å². The Balaban J connectivity index is 2.36. The van der Waals surface area contributed by atoms with Crippen molar-refractivity contribution >= 4 is 0 Å². The monoisotopic (exact) mass is 217 g/mol. The Hall–Kier alpha value is -0.150. The number of halogens is 1. The lowest BCUT2D eigenvalue weighted by atomic mass is 9.77. The maximum atomic E-state index is 12.1. The van der Waals surface area contributed by atoms with Crippen LogP contribution in [-0.4, -0.2) is 25.4 Å². The number of alkyl halides is 1. The standard InChI is InChI=1S/C12H24FNO/c1-2-3-11-4-6-12(10-14,7-5-11)15-9-8-13/h11H,2-10,14H2,1H3. The molecule has 3 heteroatoms. The van der Waals surface area contributed by atoms with Crippen LogP contribution in [0.2, 0.25) is 0 Å². The normalized spacial score (nSPS) is 31.8. The van der Waals surface area contributed by atoms with E-state index in [1.54, 1.807) is 0 Å². The quantitative estimate of drug-likeness (QED) is 0.742. The second kappa shape index (κ2) is 6.44. The van der Waals surface area contributed by atoms with Crippen LogP contribution in [0.25, 0.3) is 0 Å². The van der Waals surface area contributed by atoms with Crippen LogP contribution in [0.5, 0.6) is 0 Å². The van der Waals surface area contributed by atoms with Crippen molar-refractivity contribution < 1.29 is 9.13 Å². The highest BCUT2D eigenvalue weighted by molar-refractivity contribution is 4.88. The molecule has 15 heavy (non-hydrogen) atoms. The maximum absolute atomic E-state index is 12.1. The molecule has 0 amide bonds. The van der Waals surface area contributed by atoms with Crippen LogP contribution >= 0.6 is 0 Å². The predicted octanol–water partition coefficient (Wildman–Crippen LogP) is 2.66. The summed E-state index contributed by atoms with van der Waals surface area (Å²) in [5, 5.41) is 0. The minimum absolute atomic E-state index is 0.204. The van der Waals surface area contributed by atoms with Crippen LogP contribution in [0.15, 0.2) is 0 Å². The van der Waals surface area contributed by atoms with Crippen molar-refractivity contribution in [3.8, 4) is 0 Å². The fraction of sp³-hybridized carbons (Fsp3) is 1.00. The average molecular weight is 217 g/mol. The molecule has 90 valence electrons. The summed E-state index contributed by atoms with van der Waals surface area (Å²) in [6, 6.07) is 0. The summed E-state index contributed by atoms with van der Waals surface area (Å²) < 4.78 is 17.7. The molecule has 0 aromatic carbocycles. The highest BCUT2D eigenvalue weighted by atomic mass is 19.1. The Labute approximate surface area is 92.4 Å². The summed E-state index contributed by atoms with van der Waals surface area (Å²) in [6.45, 7) is 2.56. The molecule has 0 aromatic rings. The van der Waals surface area contributed by atoms with Crippen molar-refractivity contribution in [1.82, 2.24) is 0 Å². The number of ether oxygens (including phenoxy) is 1. The molecule has 0 saturated heterocycles. The summed E-state index contributed by atoms with van der Waals surface area (Å²) in [6.07, 6.45) is 6.96. The van der Waals surface area contributed by atoms with Crippen LogP contribution < -0.4 is 5.73 Å². The zero-order valence-electron chi connectivity index (χ0n) is 9.80. The number of rotatable bonds is 6. The van der Waals surface area contributed by atoms with Crippen LogP contribution in [0.3, 0.4) is 0 Å². The lowest BCUT2D eigenvalue weighted by Gasteiger charge is -2.39. The molecule has 0 unspecified atom stereocenters. The Morgan fingerprint density at radius 3 is 2.53 bits per heavy atom. The second-order valence-corrected chi connectivity index (χ2v) is 4.66. The molecule has 0 radical (unpaired) electrons. The lowest BCUT2D eigenvalue weighted by molar-refractivity contribution is -0.0752. The van der Waals surface area contributed by atoms with Crippen LogP contribution in [0, 0.1) is 5.92 Å². The molecular weight excluding hydrogens is 193 g/mol. The van der Waals surface area contributed by atoms with Gasteiger partial charge >= 0.3 is 0 Å². The van der Waals surface area contributed by atoms with Crippen LogP contribution in [-0.2, 0) is 4.74 Å². The molecule has 2 N–H and O–H groups in total. The van der Waals surface area contributed by atoms with E-state index in [1.807, 2.05) is 0 Å². The molecule has 0 aromatic heterocycles. The Morgan fingerprint density at radius 1 is 1.40 bits per heavy atom. The van der Waals surface area contributed by atoms with Crippen molar-refractivity contribution in [2.45, 2.75) is 51.0 Å². The van der Waals surface area contributed by atoms with E-state index < -0.39 is 6.67 Å². The molecular formula is C12H24FNO. The topological polar surface area (TPSA) is 35.2 Å². The van der Waals surface area contributed by atoms with Crippen molar-refractivity contribution in [1.29, 1.82) is 0 Å². The van der Waals surface area contributed by atoms with Gasteiger partial charge in [0.25, 0.3) is 0 Å².